The number of pyridine rings is 1. The number of carboxylic acid groups (broad SMARTS) is 1. The van der Waals surface area contributed by atoms with Gasteiger partial charge in [-0.3, -0.25) is 14.4 Å². The maximum absolute atomic E-state index is 13.8. The molecule has 1 atom stereocenters. The van der Waals surface area contributed by atoms with E-state index in [0.717, 1.165) is 10.6 Å². The monoisotopic (exact) mass is 643 g/mol. The lowest BCUT2D eigenvalue weighted by molar-refractivity contribution is -0.125. The molecule has 0 bridgehead atoms. The first-order valence-electron chi connectivity index (χ1n) is 14.3. The fraction of sp³-hybridized carbons (Fsp3) is 0.387. The lowest BCUT2D eigenvalue weighted by atomic mass is 10.1. The molecule has 0 aliphatic heterocycles. The van der Waals surface area contributed by atoms with Crippen LogP contribution in [0.4, 0.5) is 19.7 Å². The average Bonchev–Trinajstić information content (AvgIpc) is 3.37. The molecule has 0 spiro atoms. The van der Waals surface area contributed by atoms with Crippen molar-refractivity contribution in [2.75, 3.05) is 59.9 Å². The Labute approximate surface area is 264 Å². The molecule has 0 saturated heterocycles. The van der Waals surface area contributed by atoms with Crippen LogP contribution in [0, 0.1) is 5.82 Å². The normalized spacial score (nSPS) is 11.8. The van der Waals surface area contributed by atoms with Crippen molar-refractivity contribution >= 4 is 40.6 Å². The van der Waals surface area contributed by atoms with E-state index in [1.807, 2.05) is 0 Å². The molecule has 15 heteroatoms. The Bertz CT molecular complexity index is 1620. The maximum Gasteiger partial charge on any atom is 0.416 e. The van der Waals surface area contributed by atoms with Crippen LogP contribution in [-0.4, -0.2) is 109 Å². The zero-order chi connectivity index (χ0) is 33.8. The molecule has 0 fully saturated rings. The third-order valence-electron chi connectivity index (χ3n) is 6.86. The first-order valence-corrected chi connectivity index (χ1v) is 14.3. The number of hydrogen-bond acceptors (Lipinski definition) is 8. The number of carbonyl (C=O) groups excluding carboxylic acids is 3. The van der Waals surface area contributed by atoms with Crippen LogP contribution in [0.5, 0.6) is 0 Å². The molecule has 3 amide bonds. The third kappa shape index (κ3) is 9.49. The number of nitrogens with one attached hydrogen (secondary N) is 1. The quantitative estimate of drug-likeness (QED) is 0.237. The largest absolute Gasteiger partial charge is 0.464 e. The molecule has 0 radical (unpaired) electrons. The number of nitrogens with zero attached hydrogens (tertiary/aromatic N) is 4. The van der Waals surface area contributed by atoms with E-state index in [1.165, 1.54) is 71.2 Å². The van der Waals surface area contributed by atoms with Gasteiger partial charge in [-0.15, -0.1) is 0 Å². The topological polar surface area (TPSA) is 162 Å². The van der Waals surface area contributed by atoms with Gasteiger partial charge in [-0.2, -0.15) is 0 Å². The van der Waals surface area contributed by atoms with E-state index in [2.05, 4.69) is 5.32 Å². The zero-order valence-electron chi connectivity index (χ0n) is 26.1. The fourth-order valence-electron chi connectivity index (χ4n) is 4.45. The van der Waals surface area contributed by atoms with Crippen molar-refractivity contribution in [3.05, 3.63) is 76.6 Å². The number of hydrogen-bond donors (Lipinski definition) is 2. The van der Waals surface area contributed by atoms with Gasteiger partial charge in [-0.25, -0.2) is 18.5 Å². The fourth-order valence-corrected chi connectivity index (χ4v) is 4.45. The minimum absolute atomic E-state index is 0.00647. The molecule has 3 aromatic rings. The summed E-state index contributed by atoms with van der Waals surface area (Å²) in [6.45, 7) is 0.567. The van der Waals surface area contributed by atoms with Crippen molar-refractivity contribution in [3.8, 4) is 0 Å². The average molecular weight is 644 g/mol. The zero-order valence-corrected chi connectivity index (χ0v) is 26.1. The van der Waals surface area contributed by atoms with Crippen LogP contribution in [0.3, 0.4) is 0 Å². The van der Waals surface area contributed by atoms with Crippen molar-refractivity contribution in [2.24, 2.45) is 0 Å². The van der Waals surface area contributed by atoms with Gasteiger partial charge in [0, 0.05) is 58.7 Å². The molecule has 2 aromatic heterocycles. The van der Waals surface area contributed by atoms with E-state index < -0.39 is 35.6 Å². The Morgan fingerprint density at radius 2 is 1.76 bits per heavy atom. The predicted molar refractivity (Wildman–Crippen MR) is 166 cm³/mol. The van der Waals surface area contributed by atoms with Crippen molar-refractivity contribution < 1.29 is 42.9 Å². The van der Waals surface area contributed by atoms with Crippen molar-refractivity contribution in [1.82, 2.24) is 18.9 Å². The Morgan fingerprint density at radius 3 is 2.39 bits per heavy atom. The maximum atomic E-state index is 13.8. The van der Waals surface area contributed by atoms with Crippen molar-refractivity contribution in [3.63, 3.8) is 0 Å². The SMILES string of the molecule is COCCN(CCOC)C(=O)O[C@@H](CC/C=C/C(=O)N(C)C)C(=O)Nc1cccn(Cc2cc3cc(F)ccc3n2C(=O)O)c1=O. The summed E-state index contributed by atoms with van der Waals surface area (Å²) in [4.78, 5) is 66.5. The molecule has 2 N–H and O–H groups in total. The van der Waals surface area contributed by atoms with Gasteiger partial charge in [0.15, 0.2) is 6.10 Å². The smallest absolute Gasteiger partial charge is 0.416 e. The molecule has 0 unspecified atom stereocenters. The van der Waals surface area contributed by atoms with Crippen LogP contribution in [0.1, 0.15) is 18.5 Å². The minimum Gasteiger partial charge on any atom is -0.464 e. The Kier molecular flexibility index (Phi) is 13.0. The van der Waals surface area contributed by atoms with Crippen LogP contribution in [0.15, 0.2) is 59.5 Å². The lowest BCUT2D eigenvalue weighted by Crippen LogP contribution is -2.42. The number of amides is 3. The molecular weight excluding hydrogens is 605 g/mol. The summed E-state index contributed by atoms with van der Waals surface area (Å²) in [6, 6.07) is 7.97. The van der Waals surface area contributed by atoms with E-state index in [9.17, 15) is 33.5 Å². The lowest BCUT2D eigenvalue weighted by Gasteiger charge is -2.25. The molecule has 1 aromatic carbocycles. The van der Waals surface area contributed by atoms with Gasteiger partial charge >= 0.3 is 12.2 Å². The number of likely N-dealkylation sites (N-methyl/N-ethyl adjacent to an activating group) is 1. The second kappa shape index (κ2) is 16.9. The highest BCUT2D eigenvalue weighted by atomic mass is 19.1. The molecule has 0 saturated carbocycles. The van der Waals surface area contributed by atoms with E-state index in [0.29, 0.717) is 5.39 Å². The summed E-state index contributed by atoms with van der Waals surface area (Å²) in [5, 5.41) is 12.7. The van der Waals surface area contributed by atoms with E-state index >= 15 is 0 Å². The highest BCUT2D eigenvalue weighted by Gasteiger charge is 2.27. The number of allylic oxidation sites excluding steroid dienone is 1. The molecule has 46 heavy (non-hydrogen) atoms. The van der Waals surface area contributed by atoms with Crippen LogP contribution >= 0.6 is 0 Å². The summed E-state index contributed by atoms with van der Waals surface area (Å²) < 4.78 is 31.6. The number of fused-ring (bicyclic) bond motifs is 1. The number of rotatable bonds is 15. The van der Waals surface area contributed by atoms with Gasteiger partial charge in [-0.05, 0) is 55.3 Å². The number of aromatic nitrogens is 2. The minimum atomic E-state index is -1.35. The number of methoxy groups -OCH3 is 2. The second-order valence-corrected chi connectivity index (χ2v) is 10.4. The van der Waals surface area contributed by atoms with E-state index in [1.54, 1.807) is 20.2 Å². The molecular formula is C31H38FN5O9. The molecule has 3 rings (SSSR count). The number of halogens is 1. The van der Waals surface area contributed by atoms with Gasteiger partial charge in [0.2, 0.25) is 5.91 Å². The molecule has 248 valence electrons. The van der Waals surface area contributed by atoms with E-state index in [4.69, 9.17) is 14.2 Å². The van der Waals surface area contributed by atoms with Crippen LogP contribution in [0.25, 0.3) is 10.9 Å². The van der Waals surface area contributed by atoms with Gasteiger partial charge in [-0.1, -0.05) is 6.08 Å². The number of anilines is 1. The number of benzene rings is 1. The van der Waals surface area contributed by atoms with Crippen molar-refractivity contribution in [2.45, 2.75) is 25.5 Å². The van der Waals surface area contributed by atoms with Gasteiger partial charge in [0.05, 0.1) is 25.3 Å². The summed E-state index contributed by atoms with van der Waals surface area (Å²) in [5.74, 6) is -1.59. The second-order valence-electron chi connectivity index (χ2n) is 10.4. The molecule has 2 heterocycles. The van der Waals surface area contributed by atoms with Crippen LogP contribution in [-0.2, 0) is 30.3 Å². The predicted octanol–water partition coefficient (Wildman–Crippen LogP) is 2.98. The summed E-state index contributed by atoms with van der Waals surface area (Å²) in [7, 11) is 6.14. The van der Waals surface area contributed by atoms with Crippen LogP contribution < -0.4 is 10.9 Å². The highest BCUT2D eigenvalue weighted by molar-refractivity contribution is 5.95. The molecule has 14 nitrogen and oxygen atoms in total. The van der Waals surface area contributed by atoms with Crippen molar-refractivity contribution in [1.29, 1.82) is 0 Å². The van der Waals surface area contributed by atoms with Gasteiger partial charge in [0.1, 0.15) is 11.5 Å². The Morgan fingerprint density at radius 1 is 1.07 bits per heavy atom. The standard InChI is InChI=1S/C31H38FN5O9/c1-34(2)27(38)10-6-5-9-26(46-31(43)35(14-16-44-3)15-17-45-4)28(39)33-24-8-7-13-36(29(24)40)20-23-19-21-18-22(32)11-12-25(21)37(23)30(41)42/h6-8,10-13,18-19,26H,5,9,14-17,20H2,1-4H3,(H,33,39)(H,41,42)/b10-6+/t26-/m0/s1. The highest BCUT2D eigenvalue weighted by Crippen LogP contribution is 2.22. The summed E-state index contributed by atoms with van der Waals surface area (Å²) >= 11 is 0. The summed E-state index contributed by atoms with van der Waals surface area (Å²) in [6.07, 6.45) is 1.02. The Balaban J connectivity index is 1.85. The first kappa shape index (κ1) is 35.5. The Hall–Kier alpha value is -5.02. The molecule has 0 aliphatic carbocycles. The van der Waals surface area contributed by atoms with Gasteiger partial charge in [0.25, 0.3) is 11.5 Å². The third-order valence-corrected chi connectivity index (χ3v) is 6.86. The summed E-state index contributed by atoms with van der Waals surface area (Å²) in [5.41, 5.74) is -0.367. The van der Waals surface area contributed by atoms with Gasteiger partial charge < -0.3 is 39.0 Å². The number of ether oxygens (including phenoxy) is 3. The van der Waals surface area contributed by atoms with E-state index in [-0.39, 0.29) is 68.5 Å². The molecule has 0 aliphatic rings. The first-order chi connectivity index (χ1) is 22.0. The van der Waals surface area contributed by atoms with Crippen LogP contribution in [0.2, 0.25) is 0 Å². The number of carbonyl (C=O) groups is 4.